The molecule has 0 bridgehead atoms. The Morgan fingerprint density at radius 2 is 1.67 bits per heavy atom. The van der Waals surface area contributed by atoms with E-state index in [9.17, 15) is 0 Å². The fourth-order valence-electron chi connectivity index (χ4n) is 1.87. The molecular weight excluding hydrogens is 439 g/mol. The summed E-state index contributed by atoms with van der Waals surface area (Å²) in [7, 11) is 0. The van der Waals surface area contributed by atoms with Gasteiger partial charge in [-0.3, -0.25) is 0 Å². The van der Waals surface area contributed by atoms with Crippen molar-refractivity contribution in [2.75, 3.05) is 6.61 Å². The Morgan fingerprint density at radius 1 is 1.05 bits per heavy atom. The van der Waals surface area contributed by atoms with Crippen molar-refractivity contribution >= 4 is 55.1 Å². The first-order valence-corrected chi connectivity index (χ1v) is 8.94. The molecule has 1 atom stereocenters. The molecule has 5 heteroatoms. The number of ether oxygens (including phenoxy) is 1. The zero-order valence-corrected chi connectivity index (χ0v) is 16.1. The van der Waals surface area contributed by atoms with Crippen molar-refractivity contribution in [1.82, 2.24) is 0 Å². The summed E-state index contributed by atoms with van der Waals surface area (Å²) in [5, 5.41) is 0.433. The van der Waals surface area contributed by atoms with Crippen molar-refractivity contribution in [3.05, 3.63) is 61.5 Å². The van der Waals surface area contributed by atoms with Crippen molar-refractivity contribution in [2.45, 2.75) is 18.7 Å². The van der Waals surface area contributed by atoms with Gasteiger partial charge in [-0.15, -0.1) is 11.6 Å². The second-order valence-electron chi connectivity index (χ2n) is 4.57. The lowest BCUT2D eigenvalue weighted by Crippen LogP contribution is -1.98. The van der Waals surface area contributed by atoms with Crippen LogP contribution in [0.1, 0.15) is 29.8 Å². The van der Waals surface area contributed by atoms with E-state index in [-0.39, 0.29) is 5.38 Å². The number of hydrogen-bond acceptors (Lipinski definition) is 1. The summed E-state index contributed by atoms with van der Waals surface area (Å²) in [6.45, 7) is 2.78. The number of benzene rings is 2. The molecule has 0 aliphatic carbocycles. The van der Waals surface area contributed by atoms with Crippen LogP contribution in [0.25, 0.3) is 0 Å². The molecule has 2 aromatic rings. The van der Waals surface area contributed by atoms with Crippen LogP contribution in [0, 0.1) is 0 Å². The highest BCUT2D eigenvalue weighted by molar-refractivity contribution is 9.10. The van der Waals surface area contributed by atoms with Gasteiger partial charge in [-0.1, -0.05) is 30.7 Å². The molecule has 0 N–H and O–H groups in total. The van der Waals surface area contributed by atoms with Gasteiger partial charge in [-0.05, 0) is 73.7 Å². The number of halogens is 4. The minimum absolute atomic E-state index is 0.241. The molecule has 0 saturated heterocycles. The molecule has 0 radical (unpaired) electrons. The van der Waals surface area contributed by atoms with E-state index in [1.54, 1.807) is 0 Å². The molecule has 1 unspecified atom stereocenters. The molecule has 2 rings (SSSR count). The summed E-state index contributed by atoms with van der Waals surface area (Å²) < 4.78 is 7.40. The molecule has 0 amide bonds. The third kappa shape index (κ3) is 4.38. The third-order valence-corrected chi connectivity index (χ3v) is 5.28. The highest BCUT2D eigenvalue weighted by Crippen LogP contribution is 2.36. The second kappa shape index (κ2) is 7.87. The van der Waals surface area contributed by atoms with Crippen molar-refractivity contribution in [2.24, 2.45) is 0 Å². The fourth-order valence-corrected chi connectivity index (χ4v) is 3.16. The van der Waals surface area contributed by atoms with Crippen LogP contribution in [-0.2, 0) is 0 Å². The normalized spacial score (nSPS) is 12.2. The third-order valence-electron chi connectivity index (χ3n) is 2.95. The lowest BCUT2D eigenvalue weighted by atomic mass is 10.0. The van der Waals surface area contributed by atoms with Crippen molar-refractivity contribution in [3.63, 3.8) is 0 Å². The molecule has 0 fully saturated rings. The van der Waals surface area contributed by atoms with E-state index in [0.717, 1.165) is 32.2 Å². The predicted octanol–water partition coefficient (Wildman–Crippen LogP) is 6.98. The molecule has 0 spiro atoms. The van der Waals surface area contributed by atoms with Gasteiger partial charge in [0.2, 0.25) is 0 Å². The number of alkyl halides is 1. The Morgan fingerprint density at radius 3 is 2.24 bits per heavy atom. The lowest BCUT2D eigenvalue weighted by Gasteiger charge is -2.14. The molecule has 0 heterocycles. The zero-order valence-electron chi connectivity index (χ0n) is 11.4. The maximum atomic E-state index is 6.56. The molecule has 2 aromatic carbocycles. The van der Waals surface area contributed by atoms with Crippen LogP contribution in [0.15, 0.2) is 45.3 Å². The molecule has 0 aliphatic rings. The first kappa shape index (κ1) is 17.1. The Kier molecular flexibility index (Phi) is 6.42. The van der Waals surface area contributed by atoms with Crippen molar-refractivity contribution in [1.29, 1.82) is 0 Å². The lowest BCUT2D eigenvalue weighted by molar-refractivity contribution is 0.315. The van der Waals surface area contributed by atoms with Crippen LogP contribution >= 0.6 is 55.1 Å². The average Bonchev–Trinajstić information content (AvgIpc) is 2.48. The molecular formula is C16H14Br2Cl2O. The highest BCUT2D eigenvalue weighted by atomic mass is 79.9. The molecule has 112 valence electrons. The van der Waals surface area contributed by atoms with Gasteiger partial charge in [0.25, 0.3) is 0 Å². The van der Waals surface area contributed by atoms with Crippen LogP contribution in [0.3, 0.4) is 0 Å². The van der Waals surface area contributed by atoms with Crippen LogP contribution in [0.4, 0.5) is 0 Å². The van der Waals surface area contributed by atoms with E-state index < -0.39 is 0 Å². The Balaban J connectivity index is 2.24. The van der Waals surface area contributed by atoms with E-state index in [0.29, 0.717) is 11.6 Å². The first-order valence-electron chi connectivity index (χ1n) is 6.54. The van der Waals surface area contributed by atoms with Crippen LogP contribution in [0.2, 0.25) is 5.02 Å². The topological polar surface area (TPSA) is 9.23 Å². The predicted molar refractivity (Wildman–Crippen MR) is 96.8 cm³/mol. The molecule has 0 saturated carbocycles. The van der Waals surface area contributed by atoms with Crippen molar-refractivity contribution in [3.8, 4) is 5.75 Å². The van der Waals surface area contributed by atoms with Gasteiger partial charge in [-0.25, -0.2) is 0 Å². The molecule has 1 nitrogen and oxygen atoms in total. The second-order valence-corrected chi connectivity index (χ2v) is 7.13. The Hall–Kier alpha value is -0.220. The van der Waals surface area contributed by atoms with Crippen LogP contribution < -0.4 is 4.74 Å². The SMILES string of the molecule is CCCOc1ccc(C(Cl)c2ccc(Cl)c(Br)c2)cc1Br. The number of rotatable bonds is 5. The van der Waals surface area contributed by atoms with Crippen LogP contribution in [-0.4, -0.2) is 6.61 Å². The highest BCUT2D eigenvalue weighted by Gasteiger charge is 2.14. The van der Waals surface area contributed by atoms with Gasteiger partial charge in [0, 0.05) is 4.47 Å². The smallest absolute Gasteiger partial charge is 0.133 e. The van der Waals surface area contributed by atoms with E-state index in [4.69, 9.17) is 27.9 Å². The van der Waals surface area contributed by atoms with E-state index in [1.807, 2.05) is 36.4 Å². The maximum absolute atomic E-state index is 6.56. The summed E-state index contributed by atoms with van der Waals surface area (Å²) in [5.41, 5.74) is 1.99. The largest absolute Gasteiger partial charge is 0.492 e. The summed E-state index contributed by atoms with van der Waals surface area (Å²) >= 11 is 19.5. The molecule has 0 aliphatic heterocycles. The number of hydrogen-bond donors (Lipinski definition) is 0. The van der Waals surface area contributed by atoms with Gasteiger partial charge >= 0.3 is 0 Å². The summed E-state index contributed by atoms with van der Waals surface area (Å²) in [6, 6.07) is 11.6. The van der Waals surface area contributed by atoms with E-state index in [2.05, 4.69) is 38.8 Å². The Bertz CT molecular complexity index is 632. The van der Waals surface area contributed by atoms with Crippen molar-refractivity contribution < 1.29 is 4.74 Å². The Labute approximate surface area is 151 Å². The van der Waals surface area contributed by atoms with Gasteiger partial charge in [-0.2, -0.15) is 0 Å². The van der Waals surface area contributed by atoms with Crippen LogP contribution in [0.5, 0.6) is 5.75 Å². The zero-order chi connectivity index (χ0) is 15.4. The quantitative estimate of drug-likeness (QED) is 0.444. The van der Waals surface area contributed by atoms with E-state index in [1.165, 1.54) is 0 Å². The average molecular weight is 453 g/mol. The van der Waals surface area contributed by atoms with E-state index >= 15 is 0 Å². The van der Waals surface area contributed by atoms with Gasteiger partial charge in [0.05, 0.1) is 21.5 Å². The molecule has 21 heavy (non-hydrogen) atoms. The standard InChI is InChI=1S/C16H14Br2Cl2O/c1-2-7-21-15-6-4-11(9-13(15)18)16(20)10-3-5-14(19)12(17)8-10/h3-6,8-9,16H,2,7H2,1H3. The monoisotopic (exact) mass is 450 g/mol. The maximum Gasteiger partial charge on any atom is 0.133 e. The summed E-state index contributed by atoms with van der Waals surface area (Å²) in [6.07, 6.45) is 0.977. The molecule has 0 aromatic heterocycles. The minimum Gasteiger partial charge on any atom is -0.492 e. The summed E-state index contributed by atoms with van der Waals surface area (Å²) in [5.74, 6) is 0.835. The fraction of sp³-hybridized carbons (Fsp3) is 0.250. The first-order chi connectivity index (χ1) is 10.0. The summed E-state index contributed by atoms with van der Waals surface area (Å²) in [4.78, 5) is 0. The van der Waals surface area contributed by atoms with Gasteiger partial charge in [0.1, 0.15) is 5.75 Å². The minimum atomic E-state index is -0.241. The van der Waals surface area contributed by atoms with Gasteiger partial charge in [0.15, 0.2) is 0 Å². The van der Waals surface area contributed by atoms with Gasteiger partial charge < -0.3 is 4.74 Å².